The minimum atomic E-state index is 0.0130. The van der Waals surface area contributed by atoms with Crippen LogP contribution in [-0.4, -0.2) is 19.3 Å². The third-order valence-electron chi connectivity index (χ3n) is 2.87. The number of likely N-dealkylation sites (N-methyl/N-ethyl adjacent to an activating group) is 1. The number of rotatable bonds is 5. The molecule has 2 rings (SSSR count). The van der Waals surface area contributed by atoms with E-state index in [1.165, 1.54) is 5.56 Å². The van der Waals surface area contributed by atoms with Gasteiger partial charge in [-0.05, 0) is 25.6 Å². The Morgan fingerprint density at radius 2 is 2.47 bits per heavy atom. The number of nitrogens with one attached hydrogen (secondary N) is 1. The molecule has 0 spiro atoms. The van der Waals surface area contributed by atoms with E-state index in [-0.39, 0.29) is 6.10 Å². The summed E-state index contributed by atoms with van der Waals surface area (Å²) >= 11 is 0. The maximum absolute atomic E-state index is 5.67. The van der Waals surface area contributed by atoms with Crippen molar-refractivity contribution in [3.63, 3.8) is 0 Å². The molecule has 0 aromatic heterocycles. The highest BCUT2D eigenvalue weighted by molar-refractivity contribution is 5.45. The SMILES string of the molecule is C=CC(C)Oc1ccc2c(c1)OCC2NCC. The van der Waals surface area contributed by atoms with Crippen molar-refractivity contribution >= 4 is 0 Å². The molecule has 2 unspecified atom stereocenters. The molecule has 1 heterocycles. The molecule has 1 N–H and O–H groups in total. The fourth-order valence-electron chi connectivity index (χ4n) is 1.94. The zero-order valence-corrected chi connectivity index (χ0v) is 10.4. The Hall–Kier alpha value is -1.48. The minimum Gasteiger partial charge on any atom is -0.491 e. The van der Waals surface area contributed by atoms with Gasteiger partial charge < -0.3 is 14.8 Å². The van der Waals surface area contributed by atoms with Crippen LogP contribution in [0.2, 0.25) is 0 Å². The van der Waals surface area contributed by atoms with Crippen LogP contribution < -0.4 is 14.8 Å². The Labute approximate surface area is 102 Å². The Bertz CT molecular complexity index is 403. The quantitative estimate of drug-likeness (QED) is 0.793. The number of hydrogen-bond acceptors (Lipinski definition) is 3. The summed E-state index contributed by atoms with van der Waals surface area (Å²) in [6.45, 7) is 9.40. The van der Waals surface area contributed by atoms with E-state index in [1.807, 2.05) is 19.1 Å². The fraction of sp³-hybridized carbons (Fsp3) is 0.429. The second-order valence-electron chi connectivity index (χ2n) is 4.18. The lowest BCUT2D eigenvalue weighted by Gasteiger charge is -2.12. The van der Waals surface area contributed by atoms with Crippen LogP contribution in [-0.2, 0) is 0 Å². The number of fused-ring (bicyclic) bond motifs is 1. The van der Waals surface area contributed by atoms with Crippen LogP contribution in [0.25, 0.3) is 0 Å². The Kier molecular flexibility index (Phi) is 3.69. The molecule has 3 nitrogen and oxygen atoms in total. The molecule has 0 bridgehead atoms. The molecule has 1 aliphatic rings. The van der Waals surface area contributed by atoms with Crippen molar-refractivity contribution in [3.8, 4) is 11.5 Å². The third-order valence-corrected chi connectivity index (χ3v) is 2.87. The standard InChI is InChI=1S/C14H19NO2/c1-4-10(3)17-11-6-7-12-13(15-5-2)9-16-14(12)8-11/h4,6-8,10,13,15H,1,5,9H2,2-3H3. The predicted octanol–water partition coefficient (Wildman–Crippen LogP) is 2.68. The first-order chi connectivity index (χ1) is 8.24. The maximum Gasteiger partial charge on any atom is 0.128 e. The molecule has 0 amide bonds. The maximum atomic E-state index is 5.67. The number of hydrogen-bond donors (Lipinski definition) is 1. The molecule has 0 saturated heterocycles. The third kappa shape index (κ3) is 2.61. The zero-order chi connectivity index (χ0) is 12.3. The average Bonchev–Trinajstić information content (AvgIpc) is 2.72. The van der Waals surface area contributed by atoms with Gasteiger partial charge in [0.05, 0.1) is 6.04 Å². The Morgan fingerprint density at radius 1 is 1.65 bits per heavy atom. The molecule has 92 valence electrons. The van der Waals surface area contributed by atoms with Gasteiger partial charge in [0.15, 0.2) is 0 Å². The number of ether oxygens (including phenoxy) is 2. The first kappa shape index (κ1) is 12.0. The van der Waals surface area contributed by atoms with Gasteiger partial charge in [-0.3, -0.25) is 0 Å². The summed E-state index contributed by atoms with van der Waals surface area (Å²) in [7, 11) is 0. The monoisotopic (exact) mass is 233 g/mol. The van der Waals surface area contributed by atoms with Gasteiger partial charge in [-0.25, -0.2) is 0 Å². The van der Waals surface area contributed by atoms with E-state index in [0.29, 0.717) is 12.6 Å². The summed E-state index contributed by atoms with van der Waals surface area (Å²) < 4.78 is 11.3. The van der Waals surface area contributed by atoms with Crippen molar-refractivity contribution in [2.24, 2.45) is 0 Å². The molecule has 17 heavy (non-hydrogen) atoms. The van der Waals surface area contributed by atoms with Crippen molar-refractivity contribution in [2.45, 2.75) is 26.0 Å². The van der Waals surface area contributed by atoms with E-state index in [2.05, 4.69) is 24.9 Å². The van der Waals surface area contributed by atoms with E-state index < -0.39 is 0 Å². The van der Waals surface area contributed by atoms with Crippen molar-refractivity contribution < 1.29 is 9.47 Å². The van der Waals surface area contributed by atoms with Crippen molar-refractivity contribution in [2.75, 3.05) is 13.2 Å². The topological polar surface area (TPSA) is 30.5 Å². The smallest absolute Gasteiger partial charge is 0.128 e. The first-order valence-electron chi connectivity index (χ1n) is 6.04. The Balaban J connectivity index is 2.13. The van der Waals surface area contributed by atoms with Gasteiger partial charge in [-0.15, -0.1) is 0 Å². The molecule has 0 fully saturated rings. The van der Waals surface area contributed by atoms with E-state index in [1.54, 1.807) is 6.08 Å². The molecule has 1 aromatic rings. The van der Waals surface area contributed by atoms with Crippen LogP contribution in [0.1, 0.15) is 25.5 Å². The predicted molar refractivity (Wildman–Crippen MR) is 68.6 cm³/mol. The lowest BCUT2D eigenvalue weighted by atomic mass is 10.1. The van der Waals surface area contributed by atoms with Crippen LogP contribution in [0.4, 0.5) is 0 Å². The molecule has 1 aromatic carbocycles. The van der Waals surface area contributed by atoms with Crippen LogP contribution >= 0.6 is 0 Å². The van der Waals surface area contributed by atoms with Gasteiger partial charge in [-0.1, -0.05) is 19.6 Å². The summed E-state index contributed by atoms with van der Waals surface area (Å²) in [5, 5.41) is 3.39. The van der Waals surface area contributed by atoms with E-state index in [9.17, 15) is 0 Å². The molecule has 2 atom stereocenters. The first-order valence-corrected chi connectivity index (χ1v) is 6.04. The van der Waals surface area contributed by atoms with Crippen molar-refractivity contribution in [1.82, 2.24) is 5.32 Å². The number of benzene rings is 1. The zero-order valence-electron chi connectivity index (χ0n) is 10.4. The average molecular weight is 233 g/mol. The van der Waals surface area contributed by atoms with E-state index in [4.69, 9.17) is 9.47 Å². The van der Waals surface area contributed by atoms with Crippen molar-refractivity contribution in [1.29, 1.82) is 0 Å². The summed E-state index contributed by atoms with van der Waals surface area (Å²) in [5.74, 6) is 1.75. The van der Waals surface area contributed by atoms with Gasteiger partial charge in [0.1, 0.15) is 24.2 Å². The summed E-state index contributed by atoms with van der Waals surface area (Å²) in [6.07, 6.45) is 1.79. The second kappa shape index (κ2) is 5.23. The summed E-state index contributed by atoms with van der Waals surface area (Å²) in [5.41, 5.74) is 1.21. The molecule has 0 saturated carbocycles. The van der Waals surface area contributed by atoms with Crippen LogP contribution in [0.5, 0.6) is 11.5 Å². The summed E-state index contributed by atoms with van der Waals surface area (Å²) in [4.78, 5) is 0. The van der Waals surface area contributed by atoms with E-state index >= 15 is 0 Å². The van der Waals surface area contributed by atoms with Crippen LogP contribution in [0.15, 0.2) is 30.9 Å². The molecule has 1 aliphatic heterocycles. The van der Waals surface area contributed by atoms with Gasteiger partial charge >= 0.3 is 0 Å². The van der Waals surface area contributed by atoms with Crippen LogP contribution in [0, 0.1) is 0 Å². The van der Waals surface area contributed by atoms with Crippen molar-refractivity contribution in [3.05, 3.63) is 36.4 Å². The van der Waals surface area contributed by atoms with Gasteiger partial charge in [-0.2, -0.15) is 0 Å². The largest absolute Gasteiger partial charge is 0.491 e. The summed E-state index contributed by atoms with van der Waals surface area (Å²) in [6, 6.07) is 6.31. The fourth-order valence-corrected chi connectivity index (χ4v) is 1.94. The van der Waals surface area contributed by atoms with Gasteiger partial charge in [0.25, 0.3) is 0 Å². The molecule has 0 radical (unpaired) electrons. The highest BCUT2D eigenvalue weighted by Crippen LogP contribution is 2.35. The minimum absolute atomic E-state index is 0.0130. The lowest BCUT2D eigenvalue weighted by molar-refractivity contribution is 0.267. The molecular weight excluding hydrogens is 214 g/mol. The second-order valence-corrected chi connectivity index (χ2v) is 4.18. The Morgan fingerprint density at radius 3 is 3.18 bits per heavy atom. The molecular formula is C14H19NO2. The lowest BCUT2D eigenvalue weighted by Crippen LogP contribution is -2.21. The molecule has 0 aliphatic carbocycles. The van der Waals surface area contributed by atoms with Gasteiger partial charge in [0, 0.05) is 11.6 Å². The van der Waals surface area contributed by atoms with E-state index in [0.717, 1.165) is 18.0 Å². The normalized spacial score (nSPS) is 19.3. The molecule has 3 heteroatoms. The highest BCUT2D eigenvalue weighted by Gasteiger charge is 2.23. The highest BCUT2D eigenvalue weighted by atomic mass is 16.5. The van der Waals surface area contributed by atoms with Crippen LogP contribution in [0.3, 0.4) is 0 Å². The van der Waals surface area contributed by atoms with Gasteiger partial charge in [0.2, 0.25) is 0 Å².